The molecule has 0 aliphatic carbocycles. The van der Waals surface area contributed by atoms with Crippen LogP contribution < -0.4 is 5.43 Å². The molecule has 3 rings (SSSR count). The lowest BCUT2D eigenvalue weighted by Gasteiger charge is -1.99. The van der Waals surface area contributed by atoms with Crippen molar-refractivity contribution >= 4 is 28.4 Å². The molecule has 8 heteroatoms. The van der Waals surface area contributed by atoms with E-state index < -0.39 is 10.7 Å². The molecule has 0 fully saturated rings. The van der Waals surface area contributed by atoms with Gasteiger partial charge in [0.15, 0.2) is 0 Å². The van der Waals surface area contributed by atoms with Crippen molar-refractivity contribution in [3.63, 3.8) is 0 Å². The summed E-state index contributed by atoms with van der Waals surface area (Å²) in [6.07, 6.45) is 1.31. The first-order chi connectivity index (χ1) is 11.6. The van der Waals surface area contributed by atoms with Crippen LogP contribution in [0.15, 0.2) is 59.0 Å². The number of benzene rings is 2. The van der Waals surface area contributed by atoms with Crippen molar-refractivity contribution in [1.82, 2.24) is 4.98 Å². The van der Waals surface area contributed by atoms with Gasteiger partial charge in [-0.15, -0.1) is 11.3 Å². The number of nitro groups is 1. The van der Waals surface area contributed by atoms with Crippen LogP contribution in [0.1, 0.15) is 5.56 Å². The molecule has 0 saturated carbocycles. The number of phenolic OH excluding ortho intramolecular Hbond substituents is 1. The number of aromatic hydroxyl groups is 1. The first-order valence-corrected chi connectivity index (χ1v) is 7.79. The van der Waals surface area contributed by atoms with Gasteiger partial charge in [0.1, 0.15) is 0 Å². The van der Waals surface area contributed by atoms with E-state index in [2.05, 4.69) is 15.5 Å². The highest BCUT2D eigenvalue weighted by Crippen LogP contribution is 2.28. The smallest absolute Gasteiger partial charge is 0.311 e. The highest BCUT2D eigenvalue weighted by atomic mass is 32.1. The molecule has 0 amide bonds. The second kappa shape index (κ2) is 6.88. The molecule has 0 radical (unpaired) electrons. The Kier molecular flexibility index (Phi) is 4.48. The summed E-state index contributed by atoms with van der Waals surface area (Å²) in [7, 11) is 0. The summed E-state index contributed by atoms with van der Waals surface area (Å²) < 4.78 is 0. The fourth-order valence-corrected chi connectivity index (χ4v) is 2.69. The molecule has 3 aromatic rings. The van der Waals surface area contributed by atoms with Gasteiger partial charge in [-0.05, 0) is 6.07 Å². The number of nitrogens with zero attached hydrogens (tertiary/aromatic N) is 3. The van der Waals surface area contributed by atoms with Crippen molar-refractivity contribution in [3.8, 4) is 17.0 Å². The van der Waals surface area contributed by atoms with E-state index in [9.17, 15) is 15.2 Å². The minimum Gasteiger partial charge on any atom is -0.502 e. The van der Waals surface area contributed by atoms with E-state index >= 15 is 0 Å². The quantitative estimate of drug-likeness (QED) is 0.417. The molecular formula is C16H12N4O3S. The summed E-state index contributed by atoms with van der Waals surface area (Å²) >= 11 is 1.39. The largest absolute Gasteiger partial charge is 0.502 e. The summed E-state index contributed by atoms with van der Waals surface area (Å²) in [6.45, 7) is 0. The van der Waals surface area contributed by atoms with Crippen molar-refractivity contribution in [2.45, 2.75) is 0 Å². The maximum atomic E-state index is 10.8. The van der Waals surface area contributed by atoms with Gasteiger partial charge in [-0.1, -0.05) is 36.4 Å². The molecule has 1 aromatic heterocycles. The van der Waals surface area contributed by atoms with Crippen molar-refractivity contribution in [1.29, 1.82) is 0 Å². The second-order valence-electron chi connectivity index (χ2n) is 4.75. The van der Waals surface area contributed by atoms with Crippen molar-refractivity contribution < 1.29 is 10.0 Å². The van der Waals surface area contributed by atoms with E-state index in [0.717, 1.165) is 11.3 Å². The lowest BCUT2D eigenvalue weighted by molar-refractivity contribution is -0.385. The topological polar surface area (TPSA) is 101 Å². The molecule has 24 heavy (non-hydrogen) atoms. The van der Waals surface area contributed by atoms with Crippen LogP contribution in [0.3, 0.4) is 0 Å². The molecule has 0 saturated heterocycles. The van der Waals surface area contributed by atoms with E-state index in [-0.39, 0.29) is 11.3 Å². The average Bonchev–Trinajstić information content (AvgIpc) is 3.06. The Morgan fingerprint density at radius 2 is 2.00 bits per heavy atom. The van der Waals surface area contributed by atoms with E-state index in [1.54, 1.807) is 0 Å². The maximum Gasteiger partial charge on any atom is 0.311 e. The van der Waals surface area contributed by atoms with Crippen LogP contribution >= 0.6 is 11.3 Å². The molecule has 0 spiro atoms. The highest BCUT2D eigenvalue weighted by Gasteiger charge is 2.15. The van der Waals surface area contributed by atoms with Gasteiger partial charge >= 0.3 is 5.69 Å². The van der Waals surface area contributed by atoms with Crippen molar-refractivity contribution in [2.75, 3.05) is 5.43 Å². The lowest BCUT2D eigenvalue weighted by Crippen LogP contribution is -1.94. The first-order valence-electron chi connectivity index (χ1n) is 6.91. The Hall–Kier alpha value is -3.26. The standard InChI is InChI=1S/C16H12N4O3S/c21-15-12(7-4-8-14(15)20(22)23)9-17-19-16-18-13(10-24-16)11-5-2-1-3-6-11/h1-10,21H,(H,18,19). The molecule has 0 aliphatic rings. The third-order valence-corrected chi connectivity index (χ3v) is 3.93. The molecule has 1 heterocycles. The zero-order valence-electron chi connectivity index (χ0n) is 12.3. The third kappa shape index (κ3) is 3.39. The van der Waals surface area contributed by atoms with Crippen LogP contribution in [0, 0.1) is 10.1 Å². The van der Waals surface area contributed by atoms with Gasteiger partial charge in [0, 0.05) is 22.6 Å². The number of nitrogens with one attached hydrogen (secondary N) is 1. The van der Waals surface area contributed by atoms with E-state index in [4.69, 9.17) is 0 Å². The molecule has 120 valence electrons. The number of anilines is 1. The first kappa shape index (κ1) is 15.6. The Bertz CT molecular complexity index is 893. The molecule has 0 aliphatic heterocycles. The van der Waals surface area contributed by atoms with Crippen LogP contribution in [0.25, 0.3) is 11.3 Å². The summed E-state index contributed by atoms with van der Waals surface area (Å²) in [5.41, 5.74) is 4.47. The average molecular weight is 340 g/mol. The lowest BCUT2D eigenvalue weighted by atomic mass is 10.2. The number of hydrazone groups is 1. The Labute approximate surface area is 141 Å². The van der Waals surface area contributed by atoms with Crippen LogP contribution in [0.5, 0.6) is 5.75 Å². The summed E-state index contributed by atoms with van der Waals surface area (Å²) in [6, 6.07) is 14.0. The SMILES string of the molecule is O=[N+]([O-])c1cccc(C=NNc2nc(-c3ccccc3)cs2)c1O. The summed E-state index contributed by atoms with van der Waals surface area (Å²) in [5.74, 6) is -0.419. The van der Waals surface area contributed by atoms with Crippen LogP contribution in [-0.2, 0) is 0 Å². The van der Waals surface area contributed by atoms with Gasteiger partial charge in [-0.3, -0.25) is 15.5 Å². The number of phenols is 1. The third-order valence-electron chi connectivity index (χ3n) is 3.18. The highest BCUT2D eigenvalue weighted by molar-refractivity contribution is 7.14. The van der Waals surface area contributed by atoms with Gasteiger partial charge < -0.3 is 5.11 Å². The molecule has 7 nitrogen and oxygen atoms in total. The van der Waals surface area contributed by atoms with Gasteiger partial charge in [-0.2, -0.15) is 5.10 Å². The molecular weight excluding hydrogens is 328 g/mol. The summed E-state index contributed by atoms with van der Waals surface area (Å²) in [5, 5.41) is 27.1. The normalized spacial score (nSPS) is 10.8. The fourth-order valence-electron chi connectivity index (χ4n) is 2.02. The number of para-hydroxylation sites is 1. The zero-order valence-corrected chi connectivity index (χ0v) is 13.1. The number of hydrogen-bond acceptors (Lipinski definition) is 7. The second-order valence-corrected chi connectivity index (χ2v) is 5.60. The fraction of sp³-hybridized carbons (Fsp3) is 0. The molecule has 2 aromatic carbocycles. The van der Waals surface area contributed by atoms with Gasteiger partial charge in [0.2, 0.25) is 10.9 Å². The predicted octanol–water partition coefficient (Wildman–Crippen LogP) is 3.87. The molecule has 0 unspecified atom stereocenters. The van der Waals surface area contributed by atoms with Gasteiger partial charge in [-0.25, -0.2) is 4.98 Å². The van der Waals surface area contributed by atoms with Crippen LogP contribution in [-0.4, -0.2) is 21.2 Å². The minimum absolute atomic E-state index is 0.247. The molecule has 0 bridgehead atoms. The zero-order chi connectivity index (χ0) is 16.9. The monoisotopic (exact) mass is 340 g/mol. The Morgan fingerprint density at radius 1 is 1.21 bits per heavy atom. The predicted molar refractivity (Wildman–Crippen MR) is 93.5 cm³/mol. The number of nitro benzene ring substituents is 1. The molecule has 0 atom stereocenters. The van der Waals surface area contributed by atoms with Crippen molar-refractivity contribution in [2.24, 2.45) is 5.10 Å². The van der Waals surface area contributed by atoms with Gasteiger partial charge in [0.25, 0.3) is 0 Å². The Balaban J connectivity index is 1.73. The minimum atomic E-state index is -0.646. The number of rotatable bonds is 5. The van der Waals surface area contributed by atoms with E-state index in [0.29, 0.717) is 5.13 Å². The summed E-state index contributed by atoms with van der Waals surface area (Å²) in [4.78, 5) is 14.5. The van der Waals surface area contributed by atoms with E-state index in [1.807, 2.05) is 35.7 Å². The van der Waals surface area contributed by atoms with E-state index in [1.165, 1.54) is 35.8 Å². The van der Waals surface area contributed by atoms with Gasteiger partial charge in [0.05, 0.1) is 16.8 Å². The maximum absolute atomic E-state index is 10.8. The number of aromatic nitrogens is 1. The molecule has 2 N–H and O–H groups in total. The van der Waals surface area contributed by atoms with Crippen molar-refractivity contribution in [3.05, 3.63) is 69.6 Å². The van der Waals surface area contributed by atoms with Crippen LogP contribution in [0.2, 0.25) is 0 Å². The number of hydrogen-bond donors (Lipinski definition) is 2. The van der Waals surface area contributed by atoms with Crippen LogP contribution in [0.4, 0.5) is 10.8 Å². The number of thiazole rings is 1. The Morgan fingerprint density at radius 3 is 2.75 bits per heavy atom.